The lowest BCUT2D eigenvalue weighted by Crippen LogP contribution is -2.32. The lowest BCUT2D eigenvalue weighted by atomic mass is 10.5. The molecule has 2 aromatic rings. The summed E-state index contributed by atoms with van der Waals surface area (Å²) in [6.45, 7) is 3.88. The molecule has 0 aliphatic rings. The molecule has 0 saturated heterocycles. The van der Waals surface area contributed by atoms with E-state index >= 15 is 0 Å². The van der Waals surface area contributed by atoms with Crippen LogP contribution in [0.5, 0.6) is 0 Å². The third kappa shape index (κ3) is 5.44. The number of anilines is 1. The fourth-order valence-corrected chi connectivity index (χ4v) is 3.30. The van der Waals surface area contributed by atoms with Gasteiger partial charge in [-0.05, 0) is 18.9 Å². The molecular formula is C12H18N6OS2. The van der Waals surface area contributed by atoms with Crippen molar-refractivity contribution in [3.8, 4) is 0 Å². The van der Waals surface area contributed by atoms with Crippen LogP contribution in [0.25, 0.3) is 0 Å². The Hall–Kier alpha value is -1.45. The standard InChI is InChI=1S/C12H18N6OS2/c1-3-20-12-16-15-11(21-12)14-10(19)9-17(2)7-8-18-6-4-5-13-18/h4-6H,3,7-9H2,1-2H3,(H,14,15,19). The number of likely N-dealkylation sites (N-methyl/N-ethyl adjacent to an activating group) is 1. The van der Waals surface area contributed by atoms with Gasteiger partial charge in [0.25, 0.3) is 0 Å². The smallest absolute Gasteiger partial charge is 0.240 e. The second-order valence-corrected chi connectivity index (χ2v) is 6.85. The summed E-state index contributed by atoms with van der Waals surface area (Å²) in [7, 11) is 1.90. The highest BCUT2D eigenvalue weighted by atomic mass is 32.2. The van der Waals surface area contributed by atoms with Crippen molar-refractivity contribution in [3.63, 3.8) is 0 Å². The van der Waals surface area contributed by atoms with E-state index < -0.39 is 0 Å². The predicted octanol–water partition coefficient (Wildman–Crippen LogP) is 1.42. The lowest BCUT2D eigenvalue weighted by molar-refractivity contribution is -0.117. The van der Waals surface area contributed by atoms with E-state index in [1.165, 1.54) is 11.3 Å². The van der Waals surface area contributed by atoms with Crippen molar-refractivity contribution in [2.24, 2.45) is 0 Å². The summed E-state index contributed by atoms with van der Waals surface area (Å²) in [5, 5.41) is 15.4. The molecule has 2 heterocycles. The van der Waals surface area contributed by atoms with Crippen LogP contribution in [-0.4, -0.2) is 56.7 Å². The highest BCUT2D eigenvalue weighted by molar-refractivity contribution is 8.01. The molecule has 2 aromatic heterocycles. The molecular weight excluding hydrogens is 308 g/mol. The van der Waals surface area contributed by atoms with E-state index in [1.54, 1.807) is 18.0 Å². The average Bonchev–Trinajstić information content (AvgIpc) is 3.08. The van der Waals surface area contributed by atoms with Gasteiger partial charge < -0.3 is 0 Å². The zero-order valence-electron chi connectivity index (χ0n) is 12.0. The fourth-order valence-electron chi connectivity index (χ4n) is 1.63. The van der Waals surface area contributed by atoms with Crippen LogP contribution < -0.4 is 5.32 Å². The van der Waals surface area contributed by atoms with Crippen molar-refractivity contribution in [2.45, 2.75) is 17.8 Å². The second-order valence-electron chi connectivity index (χ2n) is 4.36. The summed E-state index contributed by atoms with van der Waals surface area (Å²) in [6.07, 6.45) is 3.65. The summed E-state index contributed by atoms with van der Waals surface area (Å²) in [4.78, 5) is 13.9. The molecule has 21 heavy (non-hydrogen) atoms. The molecule has 7 nitrogen and oxygen atoms in total. The summed E-state index contributed by atoms with van der Waals surface area (Å²) < 4.78 is 2.72. The van der Waals surface area contributed by atoms with Gasteiger partial charge in [0.2, 0.25) is 11.0 Å². The summed E-state index contributed by atoms with van der Waals surface area (Å²) >= 11 is 3.02. The number of carbonyl (C=O) groups is 1. The minimum atomic E-state index is -0.0813. The third-order valence-corrected chi connectivity index (χ3v) is 4.46. The molecule has 2 rings (SSSR count). The summed E-state index contributed by atoms with van der Waals surface area (Å²) in [5.41, 5.74) is 0. The number of aromatic nitrogens is 4. The maximum atomic E-state index is 11.9. The molecule has 1 N–H and O–H groups in total. The molecule has 0 aliphatic heterocycles. The average molecular weight is 326 g/mol. The monoisotopic (exact) mass is 326 g/mol. The van der Waals surface area contributed by atoms with Gasteiger partial charge >= 0.3 is 0 Å². The molecule has 0 bridgehead atoms. The van der Waals surface area contributed by atoms with Crippen LogP contribution in [0.4, 0.5) is 5.13 Å². The molecule has 0 saturated carbocycles. The first-order valence-electron chi connectivity index (χ1n) is 6.59. The molecule has 1 amide bonds. The van der Waals surface area contributed by atoms with Crippen LogP contribution >= 0.6 is 23.1 Å². The number of thioether (sulfide) groups is 1. The van der Waals surface area contributed by atoms with E-state index in [2.05, 4.69) is 27.5 Å². The van der Waals surface area contributed by atoms with Gasteiger partial charge in [-0.1, -0.05) is 30.0 Å². The lowest BCUT2D eigenvalue weighted by Gasteiger charge is -2.15. The fraction of sp³-hybridized carbons (Fsp3) is 0.500. The topological polar surface area (TPSA) is 75.9 Å². The number of amides is 1. The van der Waals surface area contributed by atoms with Crippen LogP contribution in [0, 0.1) is 0 Å². The van der Waals surface area contributed by atoms with Crippen molar-refractivity contribution in [3.05, 3.63) is 18.5 Å². The number of rotatable bonds is 8. The Balaban J connectivity index is 1.72. The van der Waals surface area contributed by atoms with Gasteiger partial charge in [0, 0.05) is 18.9 Å². The van der Waals surface area contributed by atoms with E-state index in [9.17, 15) is 4.79 Å². The van der Waals surface area contributed by atoms with Crippen molar-refractivity contribution in [1.29, 1.82) is 0 Å². The number of nitrogens with zero attached hydrogens (tertiary/aromatic N) is 5. The number of carbonyl (C=O) groups excluding carboxylic acids is 1. The number of hydrogen-bond acceptors (Lipinski definition) is 7. The Labute approximate surface area is 131 Å². The Morgan fingerprint density at radius 1 is 1.52 bits per heavy atom. The maximum Gasteiger partial charge on any atom is 0.240 e. The van der Waals surface area contributed by atoms with Gasteiger partial charge in [-0.15, -0.1) is 10.2 Å². The van der Waals surface area contributed by atoms with Gasteiger partial charge in [-0.3, -0.25) is 19.7 Å². The Bertz CT molecular complexity index is 556. The molecule has 0 unspecified atom stereocenters. The Morgan fingerprint density at radius 2 is 2.38 bits per heavy atom. The summed E-state index contributed by atoms with van der Waals surface area (Å²) in [5.74, 6) is 0.862. The molecule has 0 radical (unpaired) electrons. The molecule has 114 valence electrons. The van der Waals surface area contributed by atoms with Crippen LogP contribution in [0.3, 0.4) is 0 Å². The summed E-state index contributed by atoms with van der Waals surface area (Å²) in [6, 6.07) is 1.88. The van der Waals surface area contributed by atoms with Crippen molar-refractivity contribution in [2.75, 3.05) is 31.2 Å². The van der Waals surface area contributed by atoms with Crippen molar-refractivity contribution >= 4 is 34.1 Å². The molecule has 0 atom stereocenters. The van der Waals surface area contributed by atoms with Gasteiger partial charge in [-0.2, -0.15) is 5.10 Å². The quantitative estimate of drug-likeness (QED) is 0.584. The van der Waals surface area contributed by atoms with Crippen molar-refractivity contribution in [1.82, 2.24) is 24.9 Å². The zero-order valence-corrected chi connectivity index (χ0v) is 13.7. The van der Waals surface area contributed by atoms with Crippen LogP contribution in [0.2, 0.25) is 0 Å². The minimum Gasteiger partial charge on any atom is -0.299 e. The second kappa shape index (κ2) is 8.11. The van der Waals surface area contributed by atoms with Crippen LogP contribution in [-0.2, 0) is 11.3 Å². The van der Waals surface area contributed by atoms with E-state index in [-0.39, 0.29) is 5.91 Å². The van der Waals surface area contributed by atoms with E-state index in [0.29, 0.717) is 11.7 Å². The highest BCUT2D eigenvalue weighted by Gasteiger charge is 2.10. The van der Waals surface area contributed by atoms with Gasteiger partial charge in [0.1, 0.15) is 0 Å². The SMILES string of the molecule is CCSc1nnc(NC(=O)CN(C)CCn2cccn2)s1. The van der Waals surface area contributed by atoms with Gasteiger partial charge in [0.05, 0.1) is 13.1 Å². The van der Waals surface area contributed by atoms with E-state index in [0.717, 1.165) is 23.2 Å². The maximum absolute atomic E-state index is 11.9. The zero-order chi connectivity index (χ0) is 15.1. The first kappa shape index (κ1) is 15.9. The normalized spacial score (nSPS) is 11.0. The largest absolute Gasteiger partial charge is 0.299 e. The molecule has 0 aliphatic carbocycles. The van der Waals surface area contributed by atoms with Gasteiger partial charge in [-0.25, -0.2) is 0 Å². The van der Waals surface area contributed by atoms with E-state index in [4.69, 9.17) is 0 Å². The first-order valence-corrected chi connectivity index (χ1v) is 8.39. The van der Waals surface area contributed by atoms with Crippen LogP contribution in [0.1, 0.15) is 6.92 Å². The molecule has 0 fully saturated rings. The highest BCUT2D eigenvalue weighted by Crippen LogP contribution is 2.24. The van der Waals surface area contributed by atoms with Gasteiger partial charge in [0.15, 0.2) is 4.34 Å². The number of nitrogens with one attached hydrogen (secondary N) is 1. The molecule has 0 aromatic carbocycles. The van der Waals surface area contributed by atoms with E-state index in [1.807, 2.05) is 28.9 Å². The first-order chi connectivity index (χ1) is 10.2. The molecule has 0 spiro atoms. The minimum absolute atomic E-state index is 0.0813. The Morgan fingerprint density at radius 3 is 3.10 bits per heavy atom. The predicted molar refractivity (Wildman–Crippen MR) is 84.7 cm³/mol. The third-order valence-electron chi connectivity index (χ3n) is 2.60. The van der Waals surface area contributed by atoms with Crippen LogP contribution in [0.15, 0.2) is 22.8 Å². The number of hydrogen-bond donors (Lipinski definition) is 1. The molecule has 9 heteroatoms. The van der Waals surface area contributed by atoms with Crippen molar-refractivity contribution < 1.29 is 4.79 Å². The Kier molecular flexibility index (Phi) is 6.15.